The molecular formula is C15H20N6O2. The van der Waals surface area contributed by atoms with E-state index in [9.17, 15) is 4.79 Å². The number of rotatable bonds is 4. The number of hydrogen-bond acceptors (Lipinski definition) is 6. The van der Waals surface area contributed by atoms with Crippen molar-refractivity contribution in [3.05, 3.63) is 29.8 Å². The molecule has 3 heterocycles. The SMILES string of the molecule is COc1cc(NCc2cc3n(n2)CCCN(C(C)=O)C3)ncn1. The van der Waals surface area contributed by atoms with E-state index in [-0.39, 0.29) is 5.91 Å². The van der Waals surface area contributed by atoms with Crippen molar-refractivity contribution in [1.82, 2.24) is 24.6 Å². The Balaban J connectivity index is 1.68. The molecule has 1 amide bonds. The molecule has 0 saturated carbocycles. The van der Waals surface area contributed by atoms with Gasteiger partial charge in [-0.2, -0.15) is 5.10 Å². The van der Waals surface area contributed by atoms with Crippen molar-refractivity contribution in [2.45, 2.75) is 33.0 Å². The molecule has 0 atom stereocenters. The van der Waals surface area contributed by atoms with Crippen LogP contribution in [0.4, 0.5) is 5.82 Å². The molecular weight excluding hydrogens is 296 g/mol. The zero-order valence-corrected chi connectivity index (χ0v) is 13.3. The monoisotopic (exact) mass is 316 g/mol. The van der Waals surface area contributed by atoms with Gasteiger partial charge >= 0.3 is 0 Å². The fraction of sp³-hybridized carbons (Fsp3) is 0.467. The van der Waals surface area contributed by atoms with E-state index in [4.69, 9.17) is 4.74 Å². The van der Waals surface area contributed by atoms with Gasteiger partial charge in [-0.1, -0.05) is 0 Å². The van der Waals surface area contributed by atoms with Crippen molar-refractivity contribution in [1.29, 1.82) is 0 Å². The number of aryl methyl sites for hydroxylation is 1. The molecule has 1 aliphatic heterocycles. The number of carbonyl (C=O) groups excluding carboxylic acids is 1. The molecule has 122 valence electrons. The molecule has 0 aromatic carbocycles. The van der Waals surface area contributed by atoms with Gasteiger partial charge in [0.1, 0.15) is 12.1 Å². The summed E-state index contributed by atoms with van der Waals surface area (Å²) in [5.74, 6) is 1.30. The van der Waals surface area contributed by atoms with Crippen LogP contribution in [-0.2, 0) is 24.4 Å². The molecule has 1 N–H and O–H groups in total. The average molecular weight is 316 g/mol. The van der Waals surface area contributed by atoms with Gasteiger partial charge in [0.15, 0.2) is 0 Å². The van der Waals surface area contributed by atoms with Crippen LogP contribution in [-0.4, -0.2) is 44.2 Å². The molecule has 2 aromatic rings. The van der Waals surface area contributed by atoms with Crippen LogP contribution in [0, 0.1) is 0 Å². The molecule has 23 heavy (non-hydrogen) atoms. The number of carbonyl (C=O) groups is 1. The maximum atomic E-state index is 11.6. The molecule has 8 heteroatoms. The minimum absolute atomic E-state index is 0.104. The van der Waals surface area contributed by atoms with Gasteiger partial charge in [0, 0.05) is 26.1 Å². The number of fused-ring (bicyclic) bond motifs is 1. The molecule has 0 unspecified atom stereocenters. The minimum atomic E-state index is 0.104. The number of methoxy groups -OCH3 is 1. The summed E-state index contributed by atoms with van der Waals surface area (Å²) in [6.45, 7) is 4.40. The lowest BCUT2D eigenvalue weighted by Gasteiger charge is -2.17. The lowest BCUT2D eigenvalue weighted by atomic mass is 10.3. The van der Waals surface area contributed by atoms with Crippen molar-refractivity contribution in [3.8, 4) is 5.88 Å². The van der Waals surface area contributed by atoms with Gasteiger partial charge in [0.25, 0.3) is 0 Å². The van der Waals surface area contributed by atoms with Gasteiger partial charge in [-0.05, 0) is 12.5 Å². The lowest BCUT2D eigenvalue weighted by molar-refractivity contribution is -0.129. The molecule has 0 bridgehead atoms. The average Bonchev–Trinajstić information content (AvgIpc) is 2.83. The summed E-state index contributed by atoms with van der Waals surface area (Å²) in [5.41, 5.74) is 1.98. The minimum Gasteiger partial charge on any atom is -0.481 e. The largest absolute Gasteiger partial charge is 0.481 e. The van der Waals surface area contributed by atoms with Gasteiger partial charge in [-0.3, -0.25) is 9.48 Å². The number of hydrogen-bond donors (Lipinski definition) is 1. The zero-order valence-electron chi connectivity index (χ0n) is 13.3. The third-order valence-corrected chi connectivity index (χ3v) is 3.81. The van der Waals surface area contributed by atoms with E-state index in [1.807, 2.05) is 15.6 Å². The van der Waals surface area contributed by atoms with Gasteiger partial charge in [0.05, 0.1) is 31.6 Å². The number of nitrogens with zero attached hydrogens (tertiary/aromatic N) is 5. The summed E-state index contributed by atoms with van der Waals surface area (Å²) in [6.07, 6.45) is 2.37. The molecule has 2 aromatic heterocycles. The Hall–Kier alpha value is -2.64. The molecule has 0 spiro atoms. The summed E-state index contributed by atoms with van der Waals surface area (Å²) in [7, 11) is 1.57. The second kappa shape index (κ2) is 6.64. The Bertz CT molecular complexity index is 699. The maximum absolute atomic E-state index is 11.6. The molecule has 0 saturated heterocycles. The second-order valence-corrected chi connectivity index (χ2v) is 5.44. The summed E-state index contributed by atoms with van der Waals surface area (Å²) >= 11 is 0. The van der Waals surface area contributed by atoms with Gasteiger partial charge in [0.2, 0.25) is 11.8 Å². The third kappa shape index (κ3) is 3.58. The van der Waals surface area contributed by atoms with E-state index in [0.717, 1.165) is 30.9 Å². The smallest absolute Gasteiger partial charge is 0.219 e. The topological polar surface area (TPSA) is 85.2 Å². The van der Waals surface area contributed by atoms with Gasteiger partial charge in [-0.25, -0.2) is 9.97 Å². The summed E-state index contributed by atoms with van der Waals surface area (Å²) in [4.78, 5) is 21.6. The van der Waals surface area contributed by atoms with Crippen molar-refractivity contribution in [3.63, 3.8) is 0 Å². The quantitative estimate of drug-likeness (QED) is 0.907. The zero-order chi connectivity index (χ0) is 16.2. The standard InChI is InChI=1S/C15H20N6O2/c1-11(22)20-4-3-5-21-13(9-20)6-12(19-21)8-16-14-7-15(23-2)18-10-17-14/h6-7,10H,3-5,8-9H2,1-2H3,(H,16,17,18). The lowest BCUT2D eigenvalue weighted by Crippen LogP contribution is -2.28. The summed E-state index contributed by atoms with van der Waals surface area (Å²) in [5, 5.41) is 7.81. The Labute approximate surface area is 134 Å². The Morgan fingerprint density at radius 3 is 3.00 bits per heavy atom. The number of amides is 1. The van der Waals surface area contributed by atoms with E-state index in [2.05, 4.69) is 20.4 Å². The highest BCUT2D eigenvalue weighted by molar-refractivity contribution is 5.73. The van der Waals surface area contributed by atoms with Crippen LogP contribution >= 0.6 is 0 Å². The Morgan fingerprint density at radius 1 is 1.35 bits per heavy atom. The van der Waals surface area contributed by atoms with Gasteiger partial charge in [-0.15, -0.1) is 0 Å². The van der Waals surface area contributed by atoms with Crippen LogP contribution in [0.1, 0.15) is 24.7 Å². The molecule has 8 nitrogen and oxygen atoms in total. The fourth-order valence-electron chi connectivity index (χ4n) is 2.61. The summed E-state index contributed by atoms with van der Waals surface area (Å²) < 4.78 is 7.06. The van der Waals surface area contributed by atoms with E-state index < -0.39 is 0 Å². The third-order valence-electron chi connectivity index (χ3n) is 3.81. The highest BCUT2D eigenvalue weighted by atomic mass is 16.5. The normalized spacial score (nSPS) is 14.1. The first kappa shape index (κ1) is 15.3. The molecule has 0 fully saturated rings. The molecule has 1 aliphatic rings. The first-order valence-electron chi connectivity index (χ1n) is 7.56. The summed E-state index contributed by atoms with van der Waals surface area (Å²) in [6, 6.07) is 3.77. The van der Waals surface area contributed by atoms with E-state index in [1.54, 1.807) is 20.1 Å². The van der Waals surface area contributed by atoms with Crippen LogP contribution in [0.3, 0.4) is 0 Å². The fourth-order valence-corrected chi connectivity index (χ4v) is 2.61. The first-order chi connectivity index (χ1) is 11.2. The predicted octanol–water partition coefficient (Wildman–Crippen LogP) is 1.05. The van der Waals surface area contributed by atoms with E-state index in [1.165, 1.54) is 6.33 Å². The predicted molar refractivity (Wildman–Crippen MR) is 83.8 cm³/mol. The highest BCUT2D eigenvalue weighted by Gasteiger charge is 2.18. The number of anilines is 1. The molecule has 0 aliphatic carbocycles. The maximum Gasteiger partial charge on any atom is 0.219 e. The Kier molecular flexibility index (Phi) is 4.40. The van der Waals surface area contributed by atoms with Crippen molar-refractivity contribution in [2.75, 3.05) is 19.0 Å². The Morgan fingerprint density at radius 2 is 2.22 bits per heavy atom. The second-order valence-electron chi connectivity index (χ2n) is 5.44. The van der Waals surface area contributed by atoms with Crippen molar-refractivity contribution < 1.29 is 9.53 Å². The van der Waals surface area contributed by atoms with Gasteiger partial charge < -0.3 is 15.0 Å². The van der Waals surface area contributed by atoms with Crippen LogP contribution in [0.15, 0.2) is 18.5 Å². The van der Waals surface area contributed by atoms with Crippen LogP contribution in [0.5, 0.6) is 5.88 Å². The van der Waals surface area contributed by atoms with Crippen molar-refractivity contribution in [2.24, 2.45) is 0 Å². The number of aromatic nitrogens is 4. The first-order valence-corrected chi connectivity index (χ1v) is 7.56. The number of nitrogens with one attached hydrogen (secondary N) is 1. The highest BCUT2D eigenvalue weighted by Crippen LogP contribution is 2.15. The van der Waals surface area contributed by atoms with E-state index in [0.29, 0.717) is 24.8 Å². The number of ether oxygens (including phenoxy) is 1. The van der Waals surface area contributed by atoms with Crippen molar-refractivity contribution >= 4 is 11.7 Å². The molecule has 0 radical (unpaired) electrons. The van der Waals surface area contributed by atoms with Crippen LogP contribution in [0.2, 0.25) is 0 Å². The van der Waals surface area contributed by atoms with Crippen LogP contribution < -0.4 is 10.1 Å². The molecule has 3 rings (SSSR count). The van der Waals surface area contributed by atoms with E-state index >= 15 is 0 Å². The van der Waals surface area contributed by atoms with Crippen LogP contribution in [0.25, 0.3) is 0 Å².